The molecule has 3 heteroatoms. The van der Waals surface area contributed by atoms with E-state index in [1.54, 1.807) is 0 Å². The van der Waals surface area contributed by atoms with E-state index in [2.05, 4.69) is 23.7 Å². The highest BCUT2D eigenvalue weighted by Crippen LogP contribution is 2.27. The number of rotatable bonds is 3. The summed E-state index contributed by atoms with van der Waals surface area (Å²) in [6.45, 7) is 1.10. The van der Waals surface area contributed by atoms with Crippen LogP contribution in [0, 0.1) is 5.92 Å². The first kappa shape index (κ1) is 11.7. The Morgan fingerprint density at radius 2 is 2.07 bits per heavy atom. The Balaban J connectivity index is 1.78. The summed E-state index contributed by atoms with van der Waals surface area (Å²) in [6, 6.07) is 0.768. The van der Waals surface area contributed by atoms with Crippen molar-refractivity contribution in [2.24, 2.45) is 5.92 Å². The molecule has 1 heterocycles. The molecule has 2 aliphatic rings. The van der Waals surface area contributed by atoms with Gasteiger partial charge in [0.15, 0.2) is 0 Å². The number of hydrogen-bond donors (Lipinski definition) is 1. The van der Waals surface area contributed by atoms with E-state index in [4.69, 9.17) is 0 Å². The SMILES string of the molecule is CN(CC1CCCCC1O)C1CCSC1. The van der Waals surface area contributed by atoms with Gasteiger partial charge in [-0.15, -0.1) is 0 Å². The van der Waals surface area contributed by atoms with Crippen molar-refractivity contribution in [2.45, 2.75) is 44.2 Å². The van der Waals surface area contributed by atoms with Gasteiger partial charge in [-0.1, -0.05) is 12.8 Å². The zero-order valence-corrected chi connectivity index (χ0v) is 10.5. The van der Waals surface area contributed by atoms with E-state index in [9.17, 15) is 5.11 Å². The van der Waals surface area contributed by atoms with Gasteiger partial charge in [0, 0.05) is 18.3 Å². The molecule has 0 aromatic heterocycles. The Bertz CT molecular complexity index is 194. The highest BCUT2D eigenvalue weighted by atomic mass is 32.2. The molecule has 1 N–H and O–H groups in total. The number of hydrogen-bond acceptors (Lipinski definition) is 3. The molecule has 1 aliphatic heterocycles. The normalized spacial score (nSPS) is 37.4. The minimum absolute atomic E-state index is 0.0322. The monoisotopic (exact) mass is 229 g/mol. The average molecular weight is 229 g/mol. The molecule has 0 aromatic rings. The van der Waals surface area contributed by atoms with Crippen LogP contribution in [-0.4, -0.2) is 47.3 Å². The Hall–Kier alpha value is 0.270. The second kappa shape index (κ2) is 5.55. The van der Waals surface area contributed by atoms with Gasteiger partial charge in [0.1, 0.15) is 0 Å². The van der Waals surface area contributed by atoms with Gasteiger partial charge in [-0.25, -0.2) is 0 Å². The molecule has 0 aromatic carbocycles. The third-order valence-corrected chi connectivity index (χ3v) is 5.07. The van der Waals surface area contributed by atoms with Gasteiger partial charge in [0.25, 0.3) is 0 Å². The molecule has 0 spiro atoms. The predicted octanol–water partition coefficient (Wildman–Crippen LogP) is 1.97. The standard InChI is InChI=1S/C12H23NOS/c1-13(11-6-7-15-9-11)8-10-4-2-3-5-12(10)14/h10-12,14H,2-9H2,1H3. The Morgan fingerprint density at radius 3 is 2.73 bits per heavy atom. The third-order valence-electron chi connectivity index (χ3n) is 3.92. The van der Waals surface area contributed by atoms with Crippen LogP contribution in [-0.2, 0) is 0 Å². The molecule has 88 valence electrons. The number of nitrogens with zero attached hydrogens (tertiary/aromatic N) is 1. The summed E-state index contributed by atoms with van der Waals surface area (Å²) < 4.78 is 0. The highest BCUT2D eigenvalue weighted by Gasteiger charge is 2.27. The molecule has 1 saturated heterocycles. The van der Waals surface area contributed by atoms with Crippen LogP contribution in [0.1, 0.15) is 32.1 Å². The molecule has 2 rings (SSSR count). The lowest BCUT2D eigenvalue weighted by Crippen LogP contribution is -2.40. The van der Waals surface area contributed by atoms with Crippen LogP contribution in [0.25, 0.3) is 0 Å². The molecular weight excluding hydrogens is 206 g/mol. The molecule has 1 saturated carbocycles. The predicted molar refractivity (Wildman–Crippen MR) is 66.3 cm³/mol. The molecule has 15 heavy (non-hydrogen) atoms. The second-order valence-electron chi connectivity index (χ2n) is 5.07. The van der Waals surface area contributed by atoms with Crippen molar-refractivity contribution in [1.82, 2.24) is 4.90 Å². The van der Waals surface area contributed by atoms with Gasteiger partial charge < -0.3 is 10.0 Å². The van der Waals surface area contributed by atoms with E-state index in [0.717, 1.165) is 19.0 Å². The van der Waals surface area contributed by atoms with Crippen molar-refractivity contribution in [2.75, 3.05) is 25.1 Å². The Labute approximate surface area is 97.4 Å². The number of thioether (sulfide) groups is 1. The summed E-state index contributed by atoms with van der Waals surface area (Å²) in [5.41, 5.74) is 0. The molecule has 3 unspecified atom stereocenters. The quantitative estimate of drug-likeness (QED) is 0.800. The average Bonchev–Trinajstić information content (AvgIpc) is 2.74. The van der Waals surface area contributed by atoms with E-state index in [-0.39, 0.29) is 6.10 Å². The summed E-state index contributed by atoms with van der Waals surface area (Å²) in [4.78, 5) is 2.49. The van der Waals surface area contributed by atoms with Gasteiger partial charge in [-0.05, 0) is 38.0 Å². The molecule has 2 nitrogen and oxygen atoms in total. The topological polar surface area (TPSA) is 23.5 Å². The van der Waals surface area contributed by atoms with Crippen molar-refractivity contribution in [3.63, 3.8) is 0 Å². The summed E-state index contributed by atoms with van der Waals surface area (Å²) in [7, 11) is 2.23. The van der Waals surface area contributed by atoms with Gasteiger partial charge in [-0.3, -0.25) is 0 Å². The summed E-state index contributed by atoms with van der Waals surface area (Å²) in [6.07, 6.45) is 6.10. The van der Waals surface area contributed by atoms with Crippen LogP contribution in [0.5, 0.6) is 0 Å². The maximum absolute atomic E-state index is 9.93. The highest BCUT2D eigenvalue weighted by molar-refractivity contribution is 7.99. The Morgan fingerprint density at radius 1 is 1.27 bits per heavy atom. The van der Waals surface area contributed by atoms with Crippen molar-refractivity contribution in [1.29, 1.82) is 0 Å². The van der Waals surface area contributed by atoms with E-state index in [0.29, 0.717) is 5.92 Å². The van der Waals surface area contributed by atoms with E-state index in [1.807, 2.05) is 0 Å². The first-order valence-corrected chi connectivity index (χ1v) is 7.39. The zero-order chi connectivity index (χ0) is 10.7. The first-order chi connectivity index (χ1) is 7.27. The van der Waals surface area contributed by atoms with Crippen molar-refractivity contribution in [3.05, 3.63) is 0 Å². The summed E-state index contributed by atoms with van der Waals surface area (Å²) in [5.74, 6) is 3.15. The maximum Gasteiger partial charge on any atom is 0.0580 e. The fourth-order valence-corrected chi connectivity index (χ4v) is 4.09. The van der Waals surface area contributed by atoms with Crippen LogP contribution < -0.4 is 0 Å². The third kappa shape index (κ3) is 3.11. The molecule has 0 radical (unpaired) electrons. The molecular formula is C12H23NOS. The van der Waals surface area contributed by atoms with Crippen LogP contribution in [0.2, 0.25) is 0 Å². The molecule has 3 atom stereocenters. The molecule has 0 bridgehead atoms. The van der Waals surface area contributed by atoms with Crippen LogP contribution in [0.4, 0.5) is 0 Å². The lowest BCUT2D eigenvalue weighted by Gasteiger charge is -2.33. The zero-order valence-electron chi connectivity index (χ0n) is 9.69. The largest absolute Gasteiger partial charge is 0.393 e. The summed E-state index contributed by atoms with van der Waals surface area (Å²) >= 11 is 2.07. The van der Waals surface area contributed by atoms with E-state index >= 15 is 0 Å². The fourth-order valence-electron chi connectivity index (χ4n) is 2.79. The number of aliphatic hydroxyl groups is 1. The smallest absolute Gasteiger partial charge is 0.0580 e. The Kier molecular flexibility index (Phi) is 4.35. The minimum atomic E-state index is -0.0322. The molecule has 2 fully saturated rings. The van der Waals surface area contributed by atoms with Gasteiger partial charge in [-0.2, -0.15) is 11.8 Å². The van der Waals surface area contributed by atoms with E-state index in [1.165, 1.54) is 37.2 Å². The minimum Gasteiger partial charge on any atom is -0.393 e. The summed E-state index contributed by atoms with van der Waals surface area (Å²) in [5, 5.41) is 9.93. The fraction of sp³-hybridized carbons (Fsp3) is 1.00. The van der Waals surface area contributed by atoms with Gasteiger partial charge in [0.05, 0.1) is 6.10 Å². The van der Waals surface area contributed by atoms with Gasteiger partial charge in [0.2, 0.25) is 0 Å². The molecule has 1 aliphatic carbocycles. The van der Waals surface area contributed by atoms with Crippen molar-refractivity contribution < 1.29 is 5.11 Å². The van der Waals surface area contributed by atoms with Crippen LogP contribution >= 0.6 is 11.8 Å². The second-order valence-corrected chi connectivity index (χ2v) is 6.22. The lowest BCUT2D eigenvalue weighted by molar-refractivity contribution is 0.0454. The number of aliphatic hydroxyl groups excluding tert-OH is 1. The van der Waals surface area contributed by atoms with Gasteiger partial charge >= 0.3 is 0 Å². The molecule has 0 amide bonds. The van der Waals surface area contributed by atoms with Crippen molar-refractivity contribution >= 4 is 11.8 Å². The lowest BCUT2D eigenvalue weighted by atomic mass is 9.86. The van der Waals surface area contributed by atoms with Crippen LogP contribution in [0.3, 0.4) is 0 Å². The first-order valence-electron chi connectivity index (χ1n) is 6.23. The maximum atomic E-state index is 9.93. The van der Waals surface area contributed by atoms with E-state index < -0.39 is 0 Å². The van der Waals surface area contributed by atoms with Crippen molar-refractivity contribution in [3.8, 4) is 0 Å². The van der Waals surface area contributed by atoms with Crippen LogP contribution in [0.15, 0.2) is 0 Å².